The molecule has 0 saturated heterocycles. The Morgan fingerprint density at radius 2 is 1.90 bits per heavy atom. The van der Waals surface area contributed by atoms with Crippen molar-refractivity contribution in [1.82, 2.24) is 4.72 Å². The van der Waals surface area contributed by atoms with E-state index in [1.807, 2.05) is 0 Å². The second-order valence-electron chi connectivity index (χ2n) is 4.62. The minimum atomic E-state index is -3.44. The van der Waals surface area contributed by atoms with E-state index in [-0.39, 0.29) is 17.9 Å². The van der Waals surface area contributed by atoms with E-state index in [1.165, 1.54) is 24.3 Å². The van der Waals surface area contributed by atoms with Gasteiger partial charge >= 0.3 is 5.97 Å². The minimum absolute atomic E-state index is 0.133. The summed E-state index contributed by atoms with van der Waals surface area (Å²) < 4.78 is 31.4. The summed E-state index contributed by atoms with van der Waals surface area (Å²) in [5.74, 6) is -1.21. The summed E-state index contributed by atoms with van der Waals surface area (Å²) in [6.45, 7) is 3.27. The Morgan fingerprint density at radius 1 is 1.24 bits per heavy atom. The van der Waals surface area contributed by atoms with Gasteiger partial charge in [0.15, 0.2) is 0 Å². The number of sulfonamides is 1. The van der Waals surface area contributed by atoms with E-state index in [0.29, 0.717) is 18.8 Å². The normalized spacial score (nSPS) is 11.5. The van der Waals surface area contributed by atoms with Crippen LogP contribution in [0.5, 0.6) is 0 Å². The SMILES string of the molecule is CCCCOCCNS(=O)(=O)Cc1ccc(C(=O)O)cc1. The lowest BCUT2D eigenvalue weighted by Gasteiger charge is -2.07. The Bertz CT molecular complexity index is 539. The molecule has 0 heterocycles. The van der Waals surface area contributed by atoms with E-state index >= 15 is 0 Å². The van der Waals surface area contributed by atoms with Crippen LogP contribution in [0.25, 0.3) is 0 Å². The van der Waals surface area contributed by atoms with Crippen LogP contribution in [-0.2, 0) is 20.5 Å². The molecule has 0 radical (unpaired) electrons. The zero-order valence-corrected chi connectivity index (χ0v) is 12.9. The van der Waals surface area contributed by atoms with Crippen LogP contribution >= 0.6 is 0 Å². The van der Waals surface area contributed by atoms with Gasteiger partial charge < -0.3 is 9.84 Å². The smallest absolute Gasteiger partial charge is 0.335 e. The molecule has 21 heavy (non-hydrogen) atoms. The number of hydrogen-bond donors (Lipinski definition) is 2. The third-order valence-corrected chi connectivity index (χ3v) is 4.13. The van der Waals surface area contributed by atoms with Crippen LogP contribution in [-0.4, -0.2) is 39.3 Å². The molecule has 7 heteroatoms. The van der Waals surface area contributed by atoms with Crippen LogP contribution in [0.2, 0.25) is 0 Å². The fourth-order valence-electron chi connectivity index (χ4n) is 1.63. The fraction of sp³-hybridized carbons (Fsp3) is 0.500. The Labute approximate surface area is 125 Å². The Morgan fingerprint density at radius 3 is 2.48 bits per heavy atom. The largest absolute Gasteiger partial charge is 0.478 e. The van der Waals surface area contributed by atoms with Crippen LogP contribution in [0.4, 0.5) is 0 Å². The molecule has 0 saturated carbocycles. The highest BCUT2D eigenvalue weighted by Gasteiger charge is 2.11. The summed E-state index contributed by atoms with van der Waals surface area (Å²) >= 11 is 0. The Kier molecular flexibility index (Phi) is 7.35. The maximum absolute atomic E-state index is 11.8. The molecule has 0 amide bonds. The van der Waals surface area contributed by atoms with Gasteiger partial charge in [-0.3, -0.25) is 0 Å². The number of ether oxygens (including phenoxy) is 1. The molecule has 1 aromatic carbocycles. The molecule has 6 nitrogen and oxygen atoms in total. The van der Waals surface area contributed by atoms with Gasteiger partial charge in [0.1, 0.15) is 0 Å². The topological polar surface area (TPSA) is 92.7 Å². The lowest BCUT2D eigenvalue weighted by molar-refractivity contribution is 0.0697. The number of rotatable bonds is 10. The average molecular weight is 315 g/mol. The monoisotopic (exact) mass is 315 g/mol. The van der Waals surface area contributed by atoms with Gasteiger partial charge in [-0.05, 0) is 24.1 Å². The summed E-state index contributed by atoms with van der Waals surface area (Å²) in [7, 11) is -3.44. The molecule has 0 spiro atoms. The average Bonchev–Trinajstić information content (AvgIpc) is 2.43. The highest BCUT2D eigenvalue weighted by molar-refractivity contribution is 7.88. The molecular weight excluding hydrogens is 294 g/mol. The molecule has 2 N–H and O–H groups in total. The first-order chi connectivity index (χ1) is 9.94. The molecule has 0 aliphatic rings. The first-order valence-electron chi connectivity index (χ1n) is 6.82. The predicted molar refractivity (Wildman–Crippen MR) is 79.8 cm³/mol. The van der Waals surface area contributed by atoms with Gasteiger partial charge in [-0.2, -0.15) is 0 Å². The predicted octanol–water partition coefficient (Wildman–Crippen LogP) is 1.62. The summed E-state index contributed by atoms with van der Waals surface area (Å²) in [6, 6.07) is 5.78. The number of aromatic carboxylic acids is 1. The first kappa shape index (κ1) is 17.6. The highest BCUT2D eigenvalue weighted by atomic mass is 32.2. The van der Waals surface area contributed by atoms with E-state index in [2.05, 4.69) is 11.6 Å². The summed E-state index contributed by atoms with van der Waals surface area (Å²) in [4.78, 5) is 10.7. The molecule has 0 aliphatic carbocycles. The van der Waals surface area contributed by atoms with Crippen LogP contribution in [0, 0.1) is 0 Å². The molecule has 0 aliphatic heterocycles. The van der Waals surface area contributed by atoms with E-state index in [9.17, 15) is 13.2 Å². The van der Waals surface area contributed by atoms with Crippen molar-refractivity contribution >= 4 is 16.0 Å². The standard InChI is InChI=1S/C14H21NO5S/c1-2-3-9-20-10-8-15-21(18,19)11-12-4-6-13(7-5-12)14(16)17/h4-7,15H,2-3,8-11H2,1H3,(H,16,17). The van der Waals surface area contributed by atoms with Crippen LogP contribution in [0.3, 0.4) is 0 Å². The first-order valence-corrected chi connectivity index (χ1v) is 8.47. The zero-order chi connectivity index (χ0) is 15.7. The minimum Gasteiger partial charge on any atom is -0.478 e. The molecule has 0 aromatic heterocycles. The van der Waals surface area contributed by atoms with E-state index < -0.39 is 16.0 Å². The van der Waals surface area contributed by atoms with Crippen molar-refractivity contribution in [2.75, 3.05) is 19.8 Å². The number of nitrogens with one attached hydrogen (secondary N) is 1. The Balaban J connectivity index is 2.39. The molecule has 0 bridgehead atoms. The van der Waals surface area contributed by atoms with Crippen molar-refractivity contribution in [2.45, 2.75) is 25.5 Å². The second kappa shape index (κ2) is 8.76. The second-order valence-corrected chi connectivity index (χ2v) is 6.43. The van der Waals surface area contributed by atoms with Gasteiger partial charge in [0, 0.05) is 13.2 Å². The maximum Gasteiger partial charge on any atom is 0.335 e. The van der Waals surface area contributed by atoms with Crippen LogP contribution < -0.4 is 4.72 Å². The Hall–Kier alpha value is -1.44. The van der Waals surface area contributed by atoms with Crippen molar-refractivity contribution in [3.8, 4) is 0 Å². The number of benzene rings is 1. The van der Waals surface area contributed by atoms with E-state index in [1.54, 1.807) is 0 Å². The highest BCUT2D eigenvalue weighted by Crippen LogP contribution is 2.07. The zero-order valence-electron chi connectivity index (χ0n) is 12.0. The molecule has 0 atom stereocenters. The summed E-state index contributed by atoms with van der Waals surface area (Å²) in [5.41, 5.74) is 0.674. The van der Waals surface area contributed by atoms with Gasteiger partial charge in [0.25, 0.3) is 0 Å². The third kappa shape index (κ3) is 7.22. The number of carboxylic acid groups (broad SMARTS) is 1. The lowest BCUT2D eigenvalue weighted by atomic mass is 10.1. The summed E-state index contributed by atoms with van der Waals surface area (Å²) in [6.07, 6.45) is 2.00. The van der Waals surface area contributed by atoms with Crippen LogP contribution in [0.1, 0.15) is 35.7 Å². The fourth-order valence-corrected chi connectivity index (χ4v) is 2.76. The van der Waals surface area contributed by atoms with Gasteiger partial charge in [-0.25, -0.2) is 17.9 Å². The molecular formula is C14H21NO5S. The molecule has 1 aromatic rings. The molecule has 0 unspecified atom stereocenters. The van der Waals surface area contributed by atoms with Crippen molar-refractivity contribution in [3.05, 3.63) is 35.4 Å². The third-order valence-electron chi connectivity index (χ3n) is 2.77. The van der Waals surface area contributed by atoms with Gasteiger partial charge in [0.05, 0.1) is 17.9 Å². The van der Waals surface area contributed by atoms with Crippen molar-refractivity contribution in [3.63, 3.8) is 0 Å². The number of hydrogen-bond acceptors (Lipinski definition) is 4. The molecule has 1 rings (SSSR count). The number of unbranched alkanes of at least 4 members (excludes halogenated alkanes) is 1. The van der Waals surface area contributed by atoms with Crippen LogP contribution in [0.15, 0.2) is 24.3 Å². The summed E-state index contributed by atoms with van der Waals surface area (Å²) in [5, 5.41) is 8.77. The quantitative estimate of drug-likeness (QED) is 0.640. The van der Waals surface area contributed by atoms with Crippen molar-refractivity contribution in [2.24, 2.45) is 0 Å². The van der Waals surface area contributed by atoms with Gasteiger partial charge in [0.2, 0.25) is 10.0 Å². The van der Waals surface area contributed by atoms with E-state index in [4.69, 9.17) is 9.84 Å². The van der Waals surface area contributed by atoms with Crippen molar-refractivity contribution in [1.29, 1.82) is 0 Å². The molecule has 0 fully saturated rings. The number of carboxylic acids is 1. The van der Waals surface area contributed by atoms with Gasteiger partial charge in [-0.1, -0.05) is 25.5 Å². The van der Waals surface area contributed by atoms with Gasteiger partial charge in [-0.15, -0.1) is 0 Å². The molecule has 118 valence electrons. The lowest BCUT2D eigenvalue weighted by Crippen LogP contribution is -2.28. The van der Waals surface area contributed by atoms with Crippen molar-refractivity contribution < 1.29 is 23.1 Å². The number of carbonyl (C=O) groups is 1. The van der Waals surface area contributed by atoms with E-state index in [0.717, 1.165) is 12.8 Å². The maximum atomic E-state index is 11.8.